The number of carbonyl (C=O) groups excluding carboxylic acids is 3. The van der Waals surface area contributed by atoms with Crippen LogP contribution in [0.1, 0.15) is 18.9 Å². The molecule has 3 atom stereocenters. The topological polar surface area (TPSA) is 204 Å². The number of carboxylic acid groups (broad SMARTS) is 2. The van der Waals surface area contributed by atoms with Crippen LogP contribution in [-0.4, -0.2) is 69.5 Å². The number of rotatable bonds is 11. The van der Waals surface area contributed by atoms with Crippen molar-refractivity contribution in [1.82, 2.24) is 20.9 Å². The van der Waals surface area contributed by atoms with Crippen molar-refractivity contribution in [1.29, 1.82) is 0 Å². The third-order valence-electron chi connectivity index (χ3n) is 4.58. The van der Waals surface area contributed by atoms with Crippen molar-refractivity contribution in [2.45, 2.75) is 37.9 Å². The highest BCUT2D eigenvalue weighted by Crippen LogP contribution is 2.19. The number of nitrogens with one attached hydrogen (secondary N) is 4. The predicted molar refractivity (Wildman–Crippen MR) is 112 cm³/mol. The molecule has 0 aliphatic carbocycles. The van der Waals surface area contributed by atoms with Gasteiger partial charge in [-0.25, -0.2) is 4.79 Å². The highest BCUT2D eigenvalue weighted by Gasteiger charge is 2.29. The summed E-state index contributed by atoms with van der Waals surface area (Å²) in [4.78, 5) is 61.9. The van der Waals surface area contributed by atoms with Crippen LogP contribution in [0, 0.1) is 0 Å². The Morgan fingerprint density at radius 2 is 1.72 bits per heavy atom. The number of hydrogen-bond donors (Lipinski definition) is 7. The molecule has 8 N–H and O–H groups in total. The maximum atomic E-state index is 12.8. The summed E-state index contributed by atoms with van der Waals surface area (Å²) in [5.74, 6) is -5.08. The fourth-order valence-corrected chi connectivity index (χ4v) is 2.95. The lowest BCUT2D eigenvalue weighted by atomic mass is 10.0. The van der Waals surface area contributed by atoms with E-state index in [2.05, 4.69) is 20.9 Å². The second-order valence-electron chi connectivity index (χ2n) is 7.19. The number of hydrogen-bond acceptors (Lipinski definition) is 6. The molecule has 3 amide bonds. The number of para-hydroxylation sites is 1. The first kappa shape index (κ1) is 24.3. The minimum absolute atomic E-state index is 0.0117. The normalized spacial score (nSPS) is 13.6. The molecule has 0 aliphatic rings. The summed E-state index contributed by atoms with van der Waals surface area (Å²) >= 11 is 0. The Bertz CT molecular complexity index is 1020. The molecule has 1 heterocycles. The van der Waals surface area contributed by atoms with Gasteiger partial charge in [-0.1, -0.05) is 18.2 Å². The van der Waals surface area contributed by atoms with Crippen molar-refractivity contribution in [3.05, 3.63) is 36.0 Å². The minimum atomic E-state index is -1.68. The van der Waals surface area contributed by atoms with Gasteiger partial charge in [-0.3, -0.25) is 19.2 Å². The zero-order chi connectivity index (χ0) is 23.8. The number of nitrogens with two attached hydrogens (primary N) is 1. The van der Waals surface area contributed by atoms with Gasteiger partial charge in [-0.15, -0.1) is 0 Å². The van der Waals surface area contributed by atoms with Crippen molar-refractivity contribution in [2.75, 3.05) is 6.54 Å². The van der Waals surface area contributed by atoms with Crippen LogP contribution in [-0.2, 0) is 30.4 Å². The van der Waals surface area contributed by atoms with Crippen molar-refractivity contribution in [2.24, 2.45) is 5.73 Å². The molecule has 1 aromatic heterocycles. The molecule has 2 aromatic rings. The number of benzene rings is 1. The van der Waals surface area contributed by atoms with E-state index in [1.54, 1.807) is 12.3 Å². The molecule has 32 heavy (non-hydrogen) atoms. The van der Waals surface area contributed by atoms with Crippen LogP contribution in [0.2, 0.25) is 0 Å². The first-order valence-corrected chi connectivity index (χ1v) is 9.71. The Labute approximate surface area is 182 Å². The zero-order valence-electron chi connectivity index (χ0n) is 17.3. The molecule has 0 fully saturated rings. The van der Waals surface area contributed by atoms with Crippen molar-refractivity contribution in [3.63, 3.8) is 0 Å². The molecular formula is C20H25N5O7. The molecule has 0 radical (unpaired) electrons. The summed E-state index contributed by atoms with van der Waals surface area (Å²) in [6, 6.07) is 3.50. The molecular weight excluding hydrogens is 422 g/mol. The third-order valence-corrected chi connectivity index (χ3v) is 4.58. The van der Waals surface area contributed by atoms with Gasteiger partial charge in [0.2, 0.25) is 17.7 Å². The minimum Gasteiger partial charge on any atom is -0.481 e. The molecule has 2 rings (SSSR count). The highest BCUT2D eigenvalue weighted by molar-refractivity contribution is 5.94. The third kappa shape index (κ3) is 6.80. The molecule has 0 saturated carbocycles. The summed E-state index contributed by atoms with van der Waals surface area (Å²) < 4.78 is 0. The van der Waals surface area contributed by atoms with Gasteiger partial charge in [0, 0.05) is 23.5 Å². The van der Waals surface area contributed by atoms with E-state index in [9.17, 15) is 29.1 Å². The van der Waals surface area contributed by atoms with Gasteiger partial charge in [0.1, 0.15) is 12.1 Å². The number of carboxylic acids is 2. The second kappa shape index (κ2) is 10.9. The lowest BCUT2D eigenvalue weighted by Gasteiger charge is -2.21. The van der Waals surface area contributed by atoms with E-state index >= 15 is 0 Å². The van der Waals surface area contributed by atoms with Gasteiger partial charge < -0.3 is 36.9 Å². The maximum absolute atomic E-state index is 12.8. The molecule has 0 spiro atoms. The summed E-state index contributed by atoms with van der Waals surface area (Å²) in [5.41, 5.74) is 6.89. The summed E-state index contributed by atoms with van der Waals surface area (Å²) in [6.07, 6.45) is 0.808. The van der Waals surface area contributed by atoms with Crippen LogP contribution in [0.15, 0.2) is 30.5 Å². The molecule has 3 unspecified atom stereocenters. The Hall–Kier alpha value is -3.93. The van der Waals surface area contributed by atoms with E-state index in [1.165, 1.54) is 6.92 Å². The number of H-pyrrole nitrogens is 1. The number of aliphatic carboxylic acids is 2. The number of amides is 3. The van der Waals surface area contributed by atoms with Crippen LogP contribution >= 0.6 is 0 Å². The number of fused-ring (bicyclic) bond motifs is 1. The smallest absolute Gasteiger partial charge is 0.326 e. The SMILES string of the molecule is CC(N)C(=O)NCC(=O)NC(Cc1c[nH]c2ccccc12)C(=O)NC(CC(=O)O)C(=O)O. The molecule has 0 saturated heterocycles. The van der Waals surface area contributed by atoms with Crippen molar-refractivity contribution >= 4 is 40.6 Å². The average Bonchev–Trinajstić information content (AvgIpc) is 3.13. The van der Waals surface area contributed by atoms with Gasteiger partial charge in [0.15, 0.2) is 0 Å². The van der Waals surface area contributed by atoms with E-state index < -0.39 is 60.8 Å². The Balaban J connectivity index is 2.20. The number of aromatic nitrogens is 1. The highest BCUT2D eigenvalue weighted by atomic mass is 16.4. The van der Waals surface area contributed by atoms with E-state index in [0.717, 1.165) is 10.9 Å². The quantitative estimate of drug-likeness (QED) is 0.220. The van der Waals surface area contributed by atoms with Gasteiger partial charge in [-0.2, -0.15) is 0 Å². The fraction of sp³-hybridized carbons (Fsp3) is 0.350. The van der Waals surface area contributed by atoms with Gasteiger partial charge in [-0.05, 0) is 18.6 Å². The molecule has 0 bridgehead atoms. The van der Waals surface area contributed by atoms with Gasteiger partial charge >= 0.3 is 11.9 Å². The maximum Gasteiger partial charge on any atom is 0.326 e. The monoisotopic (exact) mass is 447 g/mol. The first-order chi connectivity index (χ1) is 15.1. The van der Waals surface area contributed by atoms with Gasteiger partial charge in [0.25, 0.3) is 0 Å². The lowest BCUT2D eigenvalue weighted by Crippen LogP contribution is -2.54. The van der Waals surface area contributed by atoms with Crippen LogP contribution < -0.4 is 21.7 Å². The van der Waals surface area contributed by atoms with E-state index in [-0.39, 0.29) is 6.42 Å². The van der Waals surface area contributed by atoms with E-state index in [1.807, 2.05) is 18.2 Å². The fourth-order valence-electron chi connectivity index (χ4n) is 2.95. The van der Waals surface area contributed by atoms with Crippen molar-refractivity contribution < 1.29 is 34.2 Å². The van der Waals surface area contributed by atoms with E-state index in [4.69, 9.17) is 10.8 Å². The van der Waals surface area contributed by atoms with Crippen LogP contribution in [0.5, 0.6) is 0 Å². The van der Waals surface area contributed by atoms with Crippen LogP contribution in [0.3, 0.4) is 0 Å². The van der Waals surface area contributed by atoms with Crippen LogP contribution in [0.4, 0.5) is 0 Å². The lowest BCUT2D eigenvalue weighted by molar-refractivity contribution is -0.147. The summed E-state index contributed by atoms with van der Waals surface area (Å²) in [5, 5.41) is 25.8. The van der Waals surface area contributed by atoms with Crippen molar-refractivity contribution in [3.8, 4) is 0 Å². The Kier molecular flexibility index (Phi) is 8.30. The molecule has 0 aliphatic heterocycles. The summed E-state index contributed by atoms with van der Waals surface area (Å²) in [6.45, 7) is 0.991. The number of aromatic amines is 1. The largest absolute Gasteiger partial charge is 0.481 e. The Morgan fingerprint density at radius 1 is 1.03 bits per heavy atom. The summed E-state index contributed by atoms with van der Waals surface area (Å²) in [7, 11) is 0. The molecule has 12 nitrogen and oxygen atoms in total. The van der Waals surface area contributed by atoms with Gasteiger partial charge in [0.05, 0.1) is 19.0 Å². The average molecular weight is 447 g/mol. The number of carbonyl (C=O) groups is 5. The van der Waals surface area contributed by atoms with E-state index in [0.29, 0.717) is 5.56 Å². The van der Waals surface area contributed by atoms with Crippen LogP contribution in [0.25, 0.3) is 10.9 Å². The standard InChI is InChI=1S/C20H25N5O7/c1-10(21)18(29)23-9-16(26)24-14(19(30)25-15(20(31)32)7-17(27)28)6-11-8-22-13-5-3-2-4-12(11)13/h2-5,8,10,14-15,22H,6-7,9,21H2,1H3,(H,23,29)(H,24,26)(H,25,30)(H,27,28)(H,31,32). The molecule has 1 aromatic carbocycles. The second-order valence-corrected chi connectivity index (χ2v) is 7.19. The first-order valence-electron chi connectivity index (χ1n) is 9.71. The Morgan fingerprint density at radius 3 is 2.34 bits per heavy atom. The zero-order valence-corrected chi connectivity index (χ0v) is 17.3. The molecule has 172 valence electrons. The predicted octanol–water partition coefficient (Wildman–Crippen LogP) is -1.30. The molecule has 12 heteroatoms.